The minimum Gasteiger partial charge on any atom is -0.497 e. The number of carbonyl (C=O) groups is 1. The summed E-state index contributed by atoms with van der Waals surface area (Å²) in [5, 5.41) is 3.49. The zero-order valence-electron chi connectivity index (χ0n) is 17.1. The molecule has 0 spiro atoms. The van der Waals surface area contributed by atoms with Gasteiger partial charge in [0, 0.05) is 21.2 Å². The highest BCUT2D eigenvalue weighted by Gasteiger charge is 2.19. The number of ketones is 1. The number of hydrogen-bond donors (Lipinski definition) is 1. The molecule has 30 heavy (non-hydrogen) atoms. The van der Waals surface area contributed by atoms with Crippen molar-refractivity contribution >= 4 is 34.1 Å². The van der Waals surface area contributed by atoms with Crippen LogP contribution in [-0.4, -0.2) is 27.1 Å². The summed E-state index contributed by atoms with van der Waals surface area (Å²) in [5.74, 6) is 1.92. The Morgan fingerprint density at radius 2 is 1.53 bits per heavy atom. The molecule has 0 amide bonds. The first-order valence-electron chi connectivity index (χ1n) is 9.45. The van der Waals surface area contributed by atoms with Crippen molar-refractivity contribution in [3.8, 4) is 17.2 Å². The first-order valence-corrected chi connectivity index (χ1v) is 10.5. The van der Waals surface area contributed by atoms with Crippen LogP contribution in [0.3, 0.4) is 0 Å². The predicted molar refractivity (Wildman–Crippen MR) is 127 cm³/mol. The van der Waals surface area contributed by atoms with Gasteiger partial charge in [0.05, 0.1) is 27.4 Å². The number of benzene rings is 3. The van der Waals surface area contributed by atoms with E-state index in [0.717, 1.165) is 20.6 Å². The zero-order valence-corrected chi connectivity index (χ0v) is 19.3. The molecule has 0 bridgehead atoms. The van der Waals surface area contributed by atoms with E-state index in [1.165, 1.54) is 0 Å². The molecule has 0 aliphatic rings. The Morgan fingerprint density at radius 1 is 0.867 bits per heavy atom. The van der Waals surface area contributed by atoms with Crippen LogP contribution in [-0.2, 0) is 0 Å². The molecule has 1 unspecified atom stereocenters. The van der Waals surface area contributed by atoms with Crippen molar-refractivity contribution in [1.82, 2.24) is 0 Å². The fraction of sp³-hybridized carbons (Fsp3) is 0.208. The lowest BCUT2D eigenvalue weighted by Crippen LogP contribution is -2.16. The third-order valence-electron chi connectivity index (χ3n) is 4.80. The van der Waals surface area contributed by atoms with Gasteiger partial charge in [0.15, 0.2) is 17.3 Å². The van der Waals surface area contributed by atoms with Crippen LogP contribution in [0.4, 0.5) is 5.69 Å². The molecule has 0 aromatic heterocycles. The number of ether oxygens (including phenoxy) is 3. The summed E-state index contributed by atoms with van der Waals surface area (Å²) in [5.41, 5.74) is 2.54. The molecule has 3 aromatic rings. The topological polar surface area (TPSA) is 56.8 Å². The van der Waals surface area contributed by atoms with Gasteiger partial charge in [-0.15, -0.1) is 0 Å². The van der Waals surface area contributed by atoms with Gasteiger partial charge in [-0.05, 0) is 82.8 Å². The van der Waals surface area contributed by atoms with E-state index < -0.39 is 0 Å². The van der Waals surface area contributed by atoms with Gasteiger partial charge in [-0.2, -0.15) is 0 Å². The van der Waals surface area contributed by atoms with Gasteiger partial charge in [-0.1, -0.05) is 12.1 Å². The minimum atomic E-state index is -0.198. The summed E-state index contributed by atoms with van der Waals surface area (Å²) in [7, 11) is 4.77. The molecule has 3 aromatic carbocycles. The molecule has 1 N–H and O–H groups in total. The fourth-order valence-corrected chi connectivity index (χ4v) is 3.51. The Hall–Kier alpha value is -2.74. The summed E-state index contributed by atoms with van der Waals surface area (Å²) in [6.45, 7) is 0. The van der Waals surface area contributed by atoms with Crippen LogP contribution in [0.1, 0.15) is 28.4 Å². The van der Waals surface area contributed by atoms with E-state index in [1.54, 1.807) is 39.5 Å². The Balaban J connectivity index is 1.87. The summed E-state index contributed by atoms with van der Waals surface area (Å²) < 4.78 is 17.0. The predicted octanol–water partition coefficient (Wildman–Crippen LogP) is 5.74. The molecule has 0 saturated carbocycles. The quantitative estimate of drug-likeness (QED) is 0.290. The van der Waals surface area contributed by atoms with Crippen LogP contribution >= 0.6 is 22.6 Å². The molecule has 6 heteroatoms. The van der Waals surface area contributed by atoms with Crippen molar-refractivity contribution in [3.63, 3.8) is 0 Å². The second-order valence-electron chi connectivity index (χ2n) is 6.67. The van der Waals surface area contributed by atoms with Gasteiger partial charge in [0.25, 0.3) is 0 Å². The van der Waals surface area contributed by atoms with Gasteiger partial charge in [-0.3, -0.25) is 4.79 Å². The standard InChI is InChI=1S/C24H24INO4/c1-28-20-11-4-16(5-12-20)21(26-19-9-7-18(25)8-10-19)15-22(27)17-6-13-23(29-2)24(14-17)30-3/h4-14,21,26H,15H2,1-3H3. The van der Waals surface area contributed by atoms with Crippen molar-refractivity contribution in [2.75, 3.05) is 26.6 Å². The first-order chi connectivity index (χ1) is 14.5. The lowest BCUT2D eigenvalue weighted by molar-refractivity contribution is 0.0976. The van der Waals surface area contributed by atoms with E-state index in [9.17, 15) is 4.79 Å². The van der Waals surface area contributed by atoms with E-state index in [1.807, 2.05) is 48.5 Å². The number of nitrogens with one attached hydrogen (secondary N) is 1. The second-order valence-corrected chi connectivity index (χ2v) is 7.92. The third kappa shape index (κ3) is 5.44. The molecule has 0 aliphatic carbocycles. The van der Waals surface area contributed by atoms with E-state index in [2.05, 4.69) is 27.9 Å². The van der Waals surface area contributed by atoms with Crippen molar-refractivity contribution in [2.24, 2.45) is 0 Å². The number of halogens is 1. The summed E-state index contributed by atoms with van der Waals surface area (Å²) in [6, 6.07) is 20.9. The van der Waals surface area contributed by atoms with Crippen molar-refractivity contribution in [3.05, 3.63) is 81.4 Å². The molecule has 0 saturated heterocycles. The maximum Gasteiger partial charge on any atom is 0.165 e. The smallest absolute Gasteiger partial charge is 0.165 e. The highest BCUT2D eigenvalue weighted by molar-refractivity contribution is 14.1. The second kappa shape index (κ2) is 10.3. The molecule has 5 nitrogen and oxygen atoms in total. The Kier molecular flexibility index (Phi) is 7.57. The van der Waals surface area contributed by atoms with Crippen LogP contribution in [0.5, 0.6) is 17.2 Å². The molecule has 1 atom stereocenters. The van der Waals surface area contributed by atoms with Gasteiger partial charge in [-0.25, -0.2) is 0 Å². The van der Waals surface area contributed by atoms with E-state index in [4.69, 9.17) is 14.2 Å². The number of Topliss-reactive ketones (excluding diaryl/α,β-unsaturated/α-hetero) is 1. The van der Waals surface area contributed by atoms with Gasteiger partial charge < -0.3 is 19.5 Å². The minimum absolute atomic E-state index is 0.00906. The molecular weight excluding hydrogens is 493 g/mol. The molecule has 0 heterocycles. The van der Waals surface area contributed by atoms with Crippen LogP contribution in [0, 0.1) is 3.57 Å². The van der Waals surface area contributed by atoms with Crippen LogP contribution in [0.25, 0.3) is 0 Å². The van der Waals surface area contributed by atoms with Crippen molar-refractivity contribution in [1.29, 1.82) is 0 Å². The molecule has 3 rings (SSSR count). The Morgan fingerprint density at radius 3 is 2.13 bits per heavy atom. The lowest BCUT2D eigenvalue weighted by atomic mass is 9.97. The Labute approximate surface area is 190 Å². The van der Waals surface area contributed by atoms with Crippen molar-refractivity contribution < 1.29 is 19.0 Å². The van der Waals surface area contributed by atoms with Crippen LogP contribution < -0.4 is 19.5 Å². The summed E-state index contributed by atoms with van der Waals surface area (Å²) in [6.07, 6.45) is 0.286. The number of methoxy groups -OCH3 is 3. The third-order valence-corrected chi connectivity index (χ3v) is 5.52. The molecule has 0 aliphatic heterocycles. The average Bonchev–Trinajstić information content (AvgIpc) is 2.79. The van der Waals surface area contributed by atoms with Crippen molar-refractivity contribution in [2.45, 2.75) is 12.5 Å². The highest BCUT2D eigenvalue weighted by atomic mass is 127. The first kappa shape index (κ1) is 22.0. The van der Waals surface area contributed by atoms with E-state index in [-0.39, 0.29) is 18.2 Å². The maximum absolute atomic E-state index is 13.1. The summed E-state index contributed by atoms with van der Waals surface area (Å²) >= 11 is 2.27. The molecule has 0 radical (unpaired) electrons. The molecular formula is C24H24INO4. The van der Waals surface area contributed by atoms with Crippen LogP contribution in [0.2, 0.25) is 0 Å². The van der Waals surface area contributed by atoms with Gasteiger partial charge in [0.1, 0.15) is 5.75 Å². The monoisotopic (exact) mass is 517 g/mol. The largest absolute Gasteiger partial charge is 0.497 e. The highest BCUT2D eigenvalue weighted by Crippen LogP contribution is 2.30. The zero-order chi connectivity index (χ0) is 21.5. The Bertz CT molecular complexity index is 987. The molecule has 0 fully saturated rings. The number of hydrogen-bond acceptors (Lipinski definition) is 5. The normalized spacial score (nSPS) is 11.5. The van der Waals surface area contributed by atoms with Crippen LogP contribution in [0.15, 0.2) is 66.7 Å². The number of rotatable bonds is 9. The average molecular weight is 517 g/mol. The lowest BCUT2D eigenvalue weighted by Gasteiger charge is -2.21. The van der Waals surface area contributed by atoms with E-state index in [0.29, 0.717) is 17.1 Å². The summed E-state index contributed by atoms with van der Waals surface area (Å²) in [4.78, 5) is 13.1. The van der Waals surface area contributed by atoms with Gasteiger partial charge in [0.2, 0.25) is 0 Å². The van der Waals surface area contributed by atoms with E-state index >= 15 is 0 Å². The SMILES string of the molecule is COc1ccc(C(CC(=O)c2ccc(OC)c(OC)c2)Nc2ccc(I)cc2)cc1. The molecule has 156 valence electrons. The fourth-order valence-electron chi connectivity index (χ4n) is 3.15. The number of anilines is 1. The maximum atomic E-state index is 13.1. The number of carbonyl (C=O) groups excluding carboxylic acids is 1. The van der Waals surface area contributed by atoms with Gasteiger partial charge >= 0.3 is 0 Å².